The zero-order valence-electron chi connectivity index (χ0n) is 8.53. The molecule has 0 aromatic carbocycles. The van der Waals surface area contributed by atoms with Crippen molar-refractivity contribution in [2.24, 2.45) is 0 Å². The van der Waals surface area contributed by atoms with Gasteiger partial charge in [0.05, 0.1) is 11.1 Å². The summed E-state index contributed by atoms with van der Waals surface area (Å²) in [6.07, 6.45) is 2.09. The topological polar surface area (TPSA) is 100 Å². The Morgan fingerprint density at radius 1 is 1.62 bits per heavy atom. The Hall–Kier alpha value is -1.89. The maximum atomic E-state index is 11.6. The smallest absolute Gasteiger partial charge is 0.287 e. The number of carbonyl (C=O) groups excluding carboxylic acids is 1. The SMILES string of the molecule is O=C(N[C@@H]1CCNC1)c1cc([N+](=O)[O-])c[nH]1. The third kappa shape index (κ3) is 2.19. The van der Waals surface area contributed by atoms with Crippen LogP contribution in [-0.4, -0.2) is 34.9 Å². The van der Waals surface area contributed by atoms with Crippen molar-refractivity contribution in [2.45, 2.75) is 12.5 Å². The molecule has 1 aliphatic heterocycles. The van der Waals surface area contributed by atoms with E-state index in [2.05, 4.69) is 15.6 Å². The van der Waals surface area contributed by atoms with Crippen molar-refractivity contribution in [1.29, 1.82) is 0 Å². The van der Waals surface area contributed by atoms with E-state index in [1.54, 1.807) is 0 Å². The minimum absolute atomic E-state index is 0.102. The van der Waals surface area contributed by atoms with Crippen LogP contribution in [0, 0.1) is 10.1 Å². The highest BCUT2D eigenvalue weighted by atomic mass is 16.6. The lowest BCUT2D eigenvalue weighted by Crippen LogP contribution is -2.36. The highest BCUT2D eigenvalue weighted by Gasteiger charge is 2.20. The number of rotatable bonds is 3. The largest absolute Gasteiger partial charge is 0.351 e. The van der Waals surface area contributed by atoms with E-state index in [0.717, 1.165) is 19.5 Å². The second kappa shape index (κ2) is 4.31. The molecule has 0 radical (unpaired) electrons. The van der Waals surface area contributed by atoms with Crippen molar-refractivity contribution in [3.05, 3.63) is 28.1 Å². The maximum absolute atomic E-state index is 11.6. The van der Waals surface area contributed by atoms with Gasteiger partial charge in [-0.25, -0.2) is 0 Å². The second-order valence-corrected chi connectivity index (χ2v) is 3.69. The molecule has 1 atom stereocenters. The fraction of sp³-hybridized carbons (Fsp3) is 0.444. The summed E-state index contributed by atoms with van der Waals surface area (Å²) in [5, 5.41) is 16.3. The first-order chi connectivity index (χ1) is 7.66. The predicted octanol–water partition coefficient (Wildman–Crippen LogP) is 0.0146. The van der Waals surface area contributed by atoms with E-state index in [0.29, 0.717) is 0 Å². The highest BCUT2D eigenvalue weighted by Crippen LogP contribution is 2.12. The standard InChI is InChI=1S/C9H12N4O3/c14-9(12-6-1-2-10-4-6)8-3-7(5-11-8)13(15)16/h3,5-6,10-11H,1-2,4H2,(H,12,14)/t6-/m1/s1. The molecule has 0 saturated carbocycles. The highest BCUT2D eigenvalue weighted by molar-refractivity contribution is 5.93. The summed E-state index contributed by atoms with van der Waals surface area (Å²) < 4.78 is 0. The first kappa shape index (κ1) is 10.6. The zero-order valence-corrected chi connectivity index (χ0v) is 8.53. The fourth-order valence-electron chi connectivity index (χ4n) is 1.66. The number of nitrogens with one attached hydrogen (secondary N) is 3. The average Bonchev–Trinajstić information content (AvgIpc) is 2.86. The van der Waals surface area contributed by atoms with E-state index in [4.69, 9.17) is 0 Å². The Morgan fingerprint density at radius 3 is 3.00 bits per heavy atom. The molecule has 2 rings (SSSR count). The molecular weight excluding hydrogens is 212 g/mol. The molecule has 7 nitrogen and oxygen atoms in total. The summed E-state index contributed by atoms with van der Waals surface area (Å²) in [5.74, 6) is -0.304. The molecule has 1 fully saturated rings. The van der Waals surface area contributed by atoms with Crippen LogP contribution in [0.1, 0.15) is 16.9 Å². The normalized spacial score (nSPS) is 19.6. The lowest BCUT2D eigenvalue weighted by Gasteiger charge is -2.09. The van der Waals surface area contributed by atoms with Crippen molar-refractivity contribution >= 4 is 11.6 Å². The molecule has 86 valence electrons. The van der Waals surface area contributed by atoms with Crippen molar-refractivity contribution in [2.75, 3.05) is 13.1 Å². The Morgan fingerprint density at radius 2 is 2.44 bits per heavy atom. The van der Waals surface area contributed by atoms with Crippen LogP contribution in [0.5, 0.6) is 0 Å². The number of amides is 1. The summed E-state index contributed by atoms with van der Waals surface area (Å²) in [6.45, 7) is 1.63. The van der Waals surface area contributed by atoms with E-state index >= 15 is 0 Å². The molecule has 16 heavy (non-hydrogen) atoms. The first-order valence-electron chi connectivity index (χ1n) is 5.01. The molecule has 1 aromatic rings. The number of nitro groups is 1. The third-order valence-electron chi connectivity index (χ3n) is 2.52. The van der Waals surface area contributed by atoms with Crippen molar-refractivity contribution in [3.8, 4) is 0 Å². The molecule has 1 amide bonds. The van der Waals surface area contributed by atoms with E-state index in [1.165, 1.54) is 12.3 Å². The monoisotopic (exact) mass is 224 g/mol. The average molecular weight is 224 g/mol. The number of carbonyl (C=O) groups is 1. The van der Waals surface area contributed by atoms with Gasteiger partial charge in [-0.15, -0.1) is 0 Å². The third-order valence-corrected chi connectivity index (χ3v) is 2.52. The zero-order chi connectivity index (χ0) is 11.5. The van der Waals surface area contributed by atoms with Gasteiger partial charge in [0.25, 0.3) is 11.6 Å². The molecule has 0 bridgehead atoms. The molecule has 0 spiro atoms. The number of hydrogen-bond donors (Lipinski definition) is 3. The van der Waals surface area contributed by atoms with Crippen LogP contribution in [0.25, 0.3) is 0 Å². The van der Waals surface area contributed by atoms with Crippen LogP contribution >= 0.6 is 0 Å². The Bertz CT molecular complexity index is 409. The number of H-pyrrole nitrogens is 1. The minimum atomic E-state index is -0.537. The van der Waals surface area contributed by atoms with E-state index in [1.807, 2.05) is 0 Å². The minimum Gasteiger partial charge on any atom is -0.351 e. The summed E-state index contributed by atoms with van der Waals surface area (Å²) >= 11 is 0. The molecular formula is C9H12N4O3. The van der Waals surface area contributed by atoms with Crippen molar-refractivity contribution in [3.63, 3.8) is 0 Å². The number of hydrogen-bond acceptors (Lipinski definition) is 4. The summed E-state index contributed by atoms with van der Waals surface area (Å²) in [7, 11) is 0. The summed E-state index contributed by atoms with van der Waals surface area (Å²) in [6, 6.07) is 1.34. The molecule has 1 aliphatic rings. The molecule has 3 N–H and O–H groups in total. The molecule has 7 heteroatoms. The van der Waals surface area contributed by atoms with Gasteiger partial charge in [0.1, 0.15) is 5.69 Å². The van der Waals surface area contributed by atoms with E-state index < -0.39 is 4.92 Å². The predicted molar refractivity (Wildman–Crippen MR) is 56.2 cm³/mol. The van der Waals surface area contributed by atoms with Crippen molar-refractivity contribution in [1.82, 2.24) is 15.6 Å². The number of nitrogens with zero attached hydrogens (tertiary/aromatic N) is 1. The van der Waals surface area contributed by atoms with Gasteiger partial charge < -0.3 is 15.6 Å². The molecule has 0 aliphatic carbocycles. The quantitative estimate of drug-likeness (QED) is 0.497. The van der Waals surface area contributed by atoms with Gasteiger partial charge in [-0.1, -0.05) is 0 Å². The van der Waals surface area contributed by atoms with Crippen LogP contribution in [-0.2, 0) is 0 Å². The van der Waals surface area contributed by atoms with Gasteiger partial charge in [0.2, 0.25) is 0 Å². The van der Waals surface area contributed by atoms with Crippen LogP contribution in [0.2, 0.25) is 0 Å². The van der Waals surface area contributed by atoms with E-state index in [-0.39, 0.29) is 23.3 Å². The second-order valence-electron chi connectivity index (χ2n) is 3.69. The lowest BCUT2D eigenvalue weighted by atomic mass is 10.2. The van der Waals surface area contributed by atoms with Crippen molar-refractivity contribution < 1.29 is 9.72 Å². The molecule has 1 aromatic heterocycles. The van der Waals surface area contributed by atoms with Gasteiger partial charge in [-0.2, -0.15) is 0 Å². The molecule has 1 saturated heterocycles. The summed E-state index contributed by atoms with van der Waals surface area (Å²) in [4.78, 5) is 24.1. The summed E-state index contributed by atoms with van der Waals surface area (Å²) in [5.41, 5.74) is 0.119. The van der Waals surface area contributed by atoms with Crippen LogP contribution in [0.4, 0.5) is 5.69 Å². The van der Waals surface area contributed by atoms with Crippen LogP contribution in [0.15, 0.2) is 12.3 Å². The van der Waals surface area contributed by atoms with Gasteiger partial charge >= 0.3 is 0 Å². The van der Waals surface area contributed by atoms with Gasteiger partial charge in [0.15, 0.2) is 0 Å². The van der Waals surface area contributed by atoms with Gasteiger partial charge in [-0.3, -0.25) is 14.9 Å². The lowest BCUT2D eigenvalue weighted by molar-refractivity contribution is -0.384. The Labute approximate surface area is 91.4 Å². The fourth-order valence-corrected chi connectivity index (χ4v) is 1.66. The van der Waals surface area contributed by atoms with Gasteiger partial charge in [-0.05, 0) is 13.0 Å². The van der Waals surface area contributed by atoms with Crippen LogP contribution in [0.3, 0.4) is 0 Å². The molecule has 0 unspecified atom stereocenters. The molecule has 2 heterocycles. The Balaban J connectivity index is 1.99. The van der Waals surface area contributed by atoms with E-state index in [9.17, 15) is 14.9 Å². The Kier molecular flexibility index (Phi) is 2.86. The van der Waals surface area contributed by atoms with Gasteiger partial charge in [0, 0.05) is 18.7 Å². The van der Waals surface area contributed by atoms with Crippen LogP contribution < -0.4 is 10.6 Å². The number of aromatic amines is 1. The first-order valence-corrected chi connectivity index (χ1v) is 5.01. The number of aromatic nitrogens is 1. The maximum Gasteiger partial charge on any atom is 0.287 e.